The van der Waals surface area contributed by atoms with Gasteiger partial charge in [-0.1, -0.05) is 26.0 Å². The smallest absolute Gasteiger partial charge is 0.122 e. The summed E-state index contributed by atoms with van der Waals surface area (Å²) < 4.78 is 8.35. The van der Waals surface area contributed by atoms with Gasteiger partial charge >= 0.3 is 0 Å². The first-order chi connectivity index (χ1) is 12.5. The van der Waals surface area contributed by atoms with Crippen LogP contribution in [0.5, 0.6) is 5.75 Å². The second-order valence-electron chi connectivity index (χ2n) is 7.61. The Morgan fingerprint density at radius 2 is 1.77 bits per heavy atom. The minimum Gasteiger partial charge on any atom is -0.493 e. The van der Waals surface area contributed by atoms with Crippen LogP contribution in [-0.2, 0) is 6.54 Å². The zero-order valence-electron chi connectivity index (χ0n) is 16.7. The van der Waals surface area contributed by atoms with E-state index < -0.39 is 0 Å². The Labute approximate surface area is 157 Å². The average molecular weight is 351 g/mol. The molecule has 26 heavy (non-hydrogen) atoms. The predicted molar refractivity (Wildman–Crippen MR) is 109 cm³/mol. The molecule has 1 aromatic heterocycles. The number of aryl methyl sites for hydroxylation is 4. The van der Waals surface area contributed by atoms with Gasteiger partial charge in [-0.3, -0.25) is 0 Å². The van der Waals surface area contributed by atoms with Gasteiger partial charge in [-0.15, -0.1) is 0 Å². The Balaban J connectivity index is 1.55. The molecule has 0 aliphatic heterocycles. The molecular formula is C23H30N2O. The number of aromatic nitrogens is 2. The highest BCUT2D eigenvalue weighted by Gasteiger charge is 2.08. The number of ether oxygens (including phenoxy) is 1. The van der Waals surface area contributed by atoms with Crippen LogP contribution in [0.15, 0.2) is 36.7 Å². The lowest BCUT2D eigenvalue weighted by molar-refractivity contribution is 0.299. The topological polar surface area (TPSA) is 27.1 Å². The van der Waals surface area contributed by atoms with Crippen molar-refractivity contribution in [1.29, 1.82) is 0 Å². The summed E-state index contributed by atoms with van der Waals surface area (Å²) in [5.41, 5.74) is 7.49. The van der Waals surface area contributed by atoms with Gasteiger partial charge in [-0.05, 0) is 80.0 Å². The van der Waals surface area contributed by atoms with E-state index in [4.69, 9.17) is 4.74 Å². The molecule has 0 aliphatic carbocycles. The van der Waals surface area contributed by atoms with Crippen molar-refractivity contribution in [3.05, 3.63) is 58.9 Å². The molecule has 0 unspecified atom stereocenters. The summed E-state index contributed by atoms with van der Waals surface area (Å²) in [5, 5.41) is 0. The van der Waals surface area contributed by atoms with Gasteiger partial charge in [0.1, 0.15) is 5.75 Å². The summed E-state index contributed by atoms with van der Waals surface area (Å²) in [6, 6.07) is 10.9. The highest BCUT2D eigenvalue weighted by Crippen LogP contribution is 2.27. The molecular weight excluding hydrogens is 320 g/mol. The van der Waals surface area contributed by atoms with Gasteiger partial charge in [-0.2, -0.15) is 0 Å². The number of unbranched alkanes of at least 4 members (excludes halogenated alkanes) is 1. The number of hydrogen-bond acceptors (Lipinski definition) is 2. The highest BCUT2D eigenvalue weighted by atomic mass is 16.5. The van der Waals surface area contributed by atoms with Crippen LogP contribution in [0.4, 0.5) is 0 Å². The quantitative estimate of drug-likeness (QED) is 0.493. The number of benzene rings is 2. The Bertz CT molecular complexity index is 893. The molecule has 0 aliphatic rings. The van der Waals surface area contributed by atoms with Gasteiger partial charge in [0.05, 0.1) is 24.0 Å². The molecule has 0 atom stereocenters. The van der Waals surface area contributed by atoms with Crippen LogP contribution in [0.25, 0.3) is 11.0 Å². The predicted octanol–water partition coefficient (Wildman–Crippen LogP) is 5.94. The molecule has 0 saturated heterocycles. The molecule has 1 heterocycles. The van der Waals surface area contributed by atoms with E-state index in [9.17, 15) is 0 Å². The minimum atomic E-state index is 0.481. The molecule has 3 nitrogen and oxygen atoms in total. The van der Waals surface area contributed by atoms with Crippen molar-refractivity contribution in [2.75, 3.05) is 6.61 Å². The average Bonchev–Trinajstić information content (AvgIpc) is 2.96. The Morgan fingerprint density at radius 1 is 1.00 bits per heavy atom. The second-order valence-corrected chi connectivity index (χ2v) is 7.61. The molecule has 138 valence electrons. The number of imidazole rings is 1. The summed E-state index contributed by atoms with van der Waals surface area (Å²) >= 11 is 0. The lowest BCUT2D eigenvalue weighted by atomic mass is 10.0. The molecule has 2 aromatic carbocycles. The molecule has 0 bridgehead atoms. The van der Waals surface area contributed by atoms with Crippen LogP contribution in [0.3, 0.4) is 0 Å². The van der Waals surface area contributed by atoms with E-state index >= 15 is 0 Å². The maximum atomic E-state index is 6.10. The third-order valence-electron chi connectivity index (χ3n) is 5.08. The molecule has 3 aromatic rings. The van der Waals surface area contributed by atoms with Gasteiger partial charge in [0.15, 0.2) is 0 Å². The number of rotatable bonds is 7. The van der Waals surface area contributed by atoms with Gasteiger partial charge in [-0.25, -0.2) is 4.98 Å². The van der Waals surface area contributed by atoms with Gasteiger partial charge < -0.3 is 9.30 Å². The first-order valence-corrected chi connectivity index (χ1v) is 9.61. The Morgan fingerprint density at radius 3 is 2.54 bits per heavy atom. The fraction of sp³-hybridized carbons (Fsp3) is 0.435. The van der Waals surface area contributed by atoms with E-state index in [0.717, 1.165) is 37.3 Å². The van der Waals surface area contributed by atoms with E-state index in [-0.39, 0.29) is 0 Å². The van der Waals surface area contributed by atoms with Crippen LogP contribution < -0.4 is 4.74 Å². The van der Waals surface area contributed by atoms with Gasteiger partial charge in [0, 0.05) is 6.54 Å². The third kappa shape index (κ3) is 4.09. The van der Waals surface area contributed by atoms with E-state index in [1.807, 2.05) is 6.33 Å². The van der Waals surface area contributed by atoms with Crippen molar-refractivity contribution in [2.45, 2.75) is 59.9 Å². The van der Waals surface area contributed by atoms with Gasteiger partial charge in [0.2, 0.25) is 0 Å². The number of hydrogen-bond donors (Lipinski definition) is 0. The van der Waals surface area contributed by atoms with E-state index in [2.05, 4.69) is 74.5 Å². The van der Waals surface area contributed by atoms with E-state index in [0.29, 0.717) is 5.92 Å². The van der Waals surface area contributed by atoms with E-state index in [1.165, 1.54) is 27.8 Å². The standard InChI is InChI=1S/C23H30N2O/c1-16(2)20-9-8-17(3)12-23(20)26-11-7-6-10-25-15-24-21-13-18(4)19(5)14-22(21)25/h8-9,12-16H,6-7,10-11H2,1-5H3. The summed E-state index contributed by atoms with van der Waals surface area (Å²) in [4.78, 5) is 4.54. The molecule has 0 saturated carbocycles. The lowest BCUT2D eigenvalue weighted by Crippen LogP contribution is -2.04. The maximum Gasteiger partial charge on any atom is 0.122 e. The minimum absolute atomic E-state index is 0.481. The van der Waals surface area contributed by atoms with Crippen molar-refractivity contribution in [1.82, 2.24) is 9.55 Å². The largest absolute Gasteiger partial charge is 0.493 e. The molecule has 3 rings (SSSR count). The van der Waals surface area contributed by atoms with Gasteiger partial charge in [0.25, 0.3) is 0 Å². The fourth-order valence-corrected chi connectivity index (χ4v) is 3.30. The monoisotopic (exact) mass is 350 g/mol. The van der Waals surface area contributed by atoms with Crippen LogP contribution in [0.2, 0.25) is 0 Å². The number of nitrogens with zero attached hydrogens (tertiary/aromatic N) is 2. The zero-order valence-corrected chi connectivity index (χ0v) is 16.7. The van der Waals surface area contributed by atoms with Crippen LogP contribution >= 0.6 is 0 Å². The zero-order chi connectivity index (χ0) is 18.7. The lowest BCUT2D eigenvalue weighted by Gasteiger charge is -2.15. The number of fused-ring (bicyclic) bond motifs is 1. The van der Waals surface area contributed by atoms with Crippen molar-refractivity contribution in [2.24, 2.45) is 0 Å². The first-order valence-electron chi connectivity index (χ1n) is 9.61. The van der Waals surface area contributed by atoms with Crippen molar-refractivity contribution in [3.63, 3.8) is 0 Å². The Kier molecular flexibility index (Phi) is 5.65. The summed E-state index contributed by atoms with van der Waals surface area (Å²) in [7, 11) is 0. The first kappa shape index (κ1) is 18.5. The molecule has 0 amide bonds. The summed E-state index contributed by atoms with van der Waals surface area (Å²) in [6.07, 6.45) is 4.08. The van der Waals surface area contributed by atoms with Crippen molar-refractivity contribution in [3.8, 4) is 5.75 Å². The van der Waals surface area contributed by atoms with Crippen LogP contribution in [-0.4, -0.2) is 16.2 Å². The Hall–Kier alpha value is -2.29. The second kappa shape index (κ2) is 7.94. The molecule has 0 fully saturated rings. The maximum absolute atomic E-state index is 6.10. The van der Waals surface area contributed by atoms with Crippen molar-refractivity contribution < 1.29 is 4.74 Å². The molecule has 0 radical (unpaired) electrons. The van der Waals surface area contributed by atoms with E-state index in [1.54, 1.807) is 0 Å². The third-order valence-corrected chi connectivity index (χ3v) is 5.08. The normalized spacial score (nSPS) is 11.5. The fourth-order valence-electron chi connectivity index (χ4n) is 3.30. The highest BCUT2D eigenvalue weighted by molar-refractivity contribution is 5.77. The molecule has 3 heteroatoms. The SMILES string of the molecule is Cc1ccc(C(C)C)c(OCCCCn2cnc3cc(C)c(C)cc32)c1. The van der Waals surface area contributed by atoms with Crippen LogP contribution in [0.1, 0.15) is 54.9 Å². The molecule has 0 spiro atoms. The summed E-state index contributed by atoms with van der Waals surface area (Å²) in [5.74, 6) is 1.52. The summed E-state index contributed by atoms with van der Waals surface area (Å²) in [6.45, 7) is 12.6. The van der Waals surface area contributed by atoms with Crippen molar-refractivity contribution >= 4 is 11.0 Å². The molecule has 0 N–H and O–H groups in total. The van der Waals surface area contributed by atoms with Crippen LogP contribution in [0, 0.1) is 20.8 Å².